The van der Waals surface area contributed by atoms with Gasteiger partial charge in [-0.05, 0) is 14.0 Å². The molecule has 0 fully saturated rings. The van der Waals surface area contributed by atoms with E-state index >= 15 is 0 Å². The molecule has 0 saturated carbocycles. The summed E-state index contributed by atoms with van der Waals surface area (Å²) in [6, 6.07) is 0. The van der Waals surface area contributed by atoms with E-state index < -0.39 is 18.2 Å². The van der Waals surface area contributed by atoms with Crippen molar-refractivity contribution in [3.63, 3.8) is 0 Å². The molecule has 2 N–H and O–H groups in total. The molecule has 1 atom stereocenters. The number of halogens is 3. The van der Waals surface area contributed by atoms with E-state index in [-0.39, 0.29) is 0 Å². The summed E-state index contributed by atoms with van der Waals surface area (Å²) in [6.45, 7) is 1.41. The van der Waals surface area contributed by atoms with E-state index in [2.05, 4.69) is 5.32 Å². The van der Waals surface area contributed by atoms with E-state index in [9.17, 15) is 18.0 Å². The highest BCUT2D eigenvalue weighted by Crippen LogP contribution is 2.13. The lowest BCUT2D eigenvalue weighted by Gasteiger charge is -2.13. The monoisotopic (exact) mass is 170 g/mol. The minimum absolute atomic E-state index is 0.677. The number of carbonyl (C=O) groups is 1. The van der Waals surface area contributed by atoms with Crippen LogP contribution in [0.1, 0.15) is 6.92 Å². The second kappa shape index (κ2) is 3.56. The van der Waals surface area contributed by atoms with E-state index in [1.807, 2.05) is 0 Å². The number of hydrogen-bond acceptors (Lipinski definition) is 2. The average Bonchev–Trinajstić information content (AvgIpc) is 1.85. The fourth-order valence-corrected chi connectivity index (χ4v) is 0.351. The van der Waals surface area contributed by atoms with Gasteiger partial charge in [0.05, 0.1) is 6.17 Å². The first-order chi connectivity index (χ1) is 4.88. The van der Waals surface area contributed by atoms with Crippen LogP contribution in [0.5, 0.6) is 0 Å². The largest absolute Gasteiger partial charge is 0.471 e. The standard InChI is InChI=1S/C5H9F3N2O/c1-3(9-2)10-4(11)5(6,7)8/h3,9H,1-2H3,(H,10,11). The number of hydrogen-bond donors (Lipinski definition) is 2. The van der Waals surface area contributed by atoms with Gasteiger partial charge in [0.2, 0.25) is 0 Å². The third kappa shape index (κ3) is 3.82. The molecule has 0 rings (SSSR count). The number of amides is 1. The normalized spacial score (nSPS) is 14.3. The van der Waals surface area contributed by atoms with Crippen molar-refractivity contribution in [3.05, 3.63) is 0 Å². The molecule has 0 aliphatic heterocycles. The zero-order valence-electron chi connectivity index (χ0n) is 6.12. The molecule has 0 aliphatic carbocycles. The van der Waals surface area contributed by atoms with Gasteiger partial charge in [-0.2, -0.15) is 13.2 Å². The molecule has 0 spiro atoms. The molecule has 0 aromatic rings. The molecular formula is C5H9F3N2O. The number of nitrogens with one attached hydrogen (secondary N) is 2. The van der Waals surface area contributed by atoms with Gasteiger partial charge in [-0.3, -0.25) is 4.79 Å². The molecule has 1 amide bonds. The predicted molar refractivity (Wildman–Crippen MR) is 32.7 cm³/mol. The molecule has 0 radical (unpaired) electrons. The van der Waals surface area contributed by atoms with Gasteiger partial charge in [0.1, 0.15) is 0 Å². The summed E-state index contributed by atoms with van der Waals surface area (Å²) in [6.07, 6.45) is -5.48. The topological polar surface area (TPSA) is 41.1 Å². The van der Waals surface area contributed by atoms with Crippen LogP contribution in [-0.4, -0.2) is 25.3 Å². The van der Waals surface area contributed by atoms with E-state index in [0.717, 1.165) is 0 Å². The van der Waals surface area contributed by atoms with Crippen molar-refractivity contribution >= 4 is 5.91 Å². The maximum Gasteiger partial charge on any atom is 0.471 e. The smallest absolute Gasteiger partial charge is 0.333 e. The molecule has 0 heterocycles. The maximum absolute atomic E-state index is 11.5. The molecular weight excluding hydrogens is 161 g/mol. The SMILES string of the molecule is CNC(C)NC(=O)C(F)(F)F. The fraction of sp³-hybridized carbons (Fsp3) is 0.800. The Bertz CT molecular complexity index is 145. The number of carbonyl (C=O) groups excluding carboxylic acids is 1. The second-order valence-corrected chi connectivity index (χ2v) is 1.98. The summed E-state index contributed by atoms with van der Waals surface area (Å²) >= 11 is 0. The Morgan fingerprint density at radius 3 is 2.18 bits per heavy atom. The molecule has 66 valence electrons. The van der Waals surface area contributed by atoms with E-state index in [0.29, 0.717) is 0 Å². The Hall–Kier alpha value is -0.780. The minimum Gasteiger partial charge on any atom is -0.333 e. The number of rotatable bonds is 2. The summed E-state index contributed by atoms with van der Waals surface area (Å²) < 4.78 is 34.5. The van der Waals surface area contributed by atoms with Crippen LogP contribution in [0.25, 0.3) is 0 Å². The van der Waals surface area contributed by atoms with Gasteiger partial charge in [0.15, 0.2) is 0 Å². The quantitative estimate of drug-likeness (QED) is 0.582. The lowest BCUT2D eigenvalue weighted by Crippen LogP contribution is -2.47. The van der Waals surface area contributed by atoms with Crippen LogP contribution >= 0.6 is 0 Å². The second-order valence-electron chi connectivity index (χ2n) is 1.98. The summed E-state index contributed by atoms with van der Waals surface area (Å²) in [5, 5.41) is 4.13. The number of alkyl halides is 3. The van der Waals surface area contributed by atoms with Crippen molar-refractivity contribution in [3.8, 4) is 0 Å². The fourth-order valence-electron chi connectivity index (χ4n) is 0.351. The Balaban J connectivity index is 3.88. The maximum atomic E-state index is 11.5. The van der Waals surface area contributed by atoms with E-state index in [1.165, 1.54) is 14.0 Å². The van der Waals surface area contributed by atoms with Crippen molar-refractivity contribution in [2.24, 2.45) is 0 Å². The van der Waals surface area contributed by atoms with E-state index in [4.69, 9.17) is 0 Å². The van der Waals surface area contributed by atoms with Gasteiger partial charge in [0.25, 0.3) is 0 Å². The highest BCUT2D eigenvalue weighted by molar-refractivity contribution is 5.81. The van der Waals surface area contributed by atoms with Gasteiger partial charge in [0, 0.05) is 0 Å². The van der Waals surface area contributed by atoms with Crippen LogP contribution in [0.4, 0.5) is 13.2 Å². The molecule has 0 saturated heterocycles. The van der Waals surface area contributed by atoms with Crippen molar-refractivity contribution < 1.29 is 18.0 Å². The molecule has 1 unspecified atom stereocenters. The van der Waals surface area contributed by atoms with Crippen molar-refractivity contribution in [2.45, 2.75) is 19.3 Å². The van der Waals surface area contributed by atoms with Crippen molar-refractivity contribution in [1.82, 2.24) is 10.6 Å². The van der Waals surface area contributed by atoms with Gasteiger partial charge in [-0.15, -0.1) is 0 Å². The first-order valence-corrected chi connectivity index (χ1v) is 2.93. The molecule has 11 heavy (non-hydrogen) atoms. The summed E-state index contributed by atoms with van der Waals surface area (Å²) in [5.74, 6) is -1.93. The molecule has 0 bridgehead atoms. The minimum atomic E-state index is -4.80. The lowest BCUT2D eigenvalue weighted by atomic mass is 10.5. The van der Waals surface area contributed by atoms with Crippen LogP contribution in [-0.2, 0) is 4.79 Å². The highest BCUT2D eigenvalue weighted by Gasteiger charge is 2.38. The average molecular weight is 170 g/mol. The summed E-state index contributed by atoms with van der Waals surface area (Å²) in [7, 11) is 1.45. The van der Waals surface area contributed by atoms with Crippen LogP contribution in [0.3, 0.4) is 0 Å². The Kier molecular flexibility index (Phi) is 3.31. The molecule has 3 nitrogen and oxygen atoms in total. The Morgan fingerprint density at radius 2 is 1.91 bits per heavy atom. The first kappa shape index (κ1) is 10.2. The zero-order valence-corrected chi connectivity index (χ0v) is 6.12. The van der Waals surface area contributed by atoms with Crippen LogP contribution in [0, 0.1) is 0 Å². The van der Waals surface area contributed by atoms with Crippen LogP contribution in [0.2, 0.25) is 0 Å². The molecule has 0 aromatic carbocycles. The lowest BCUT2D eigenvalue weighted by molar-refractivity contribution is -0.174. The van der Waals surface area contributed by atoms with Crippen LogP contribution in [0.15, 0.2) is 0 Å². The Labute approximate surface area is 62.0 Å². The summed E-state index contributed by atoms with van der Waals surface area (Å²) in [4.78, 5) is 10.2. The van der Waals surface area contributed by atoms with Crippen molar-refractivity contribution in [2.75, 3.05) is 7.05 Å². The van der Waals surface area contributed by atoms with Gasteiger partial charge < -0.3 is 10.6 Å². The van der Waals surface area contributed by atoms with Crippen molar-refractivity contribution in [1.29, 1.82) is 0 Å². The van der Waals surface area contributed by atoms with Crippen LogP contribution < -0.4 is 10.6 Å². The zero-order chi connectivity index (χ0) is 9.07. The summed E-state index contributed by atoms with van der Waals surface area (Å²) in [5.41, 5.74) is 0. The highest BCUT2D eigenvalue weighted by atomic mass is 19.4. The third-order valence-corrected chi connectivity index (χ3v) is 1.04. The third-order valence-electron chi connectivity index (χ3n) is 1.04. The molecule has 0 aliphatic rings. The first-order valence-electron chi connectivity index (χ1n) is 2.93. The molecule has 6 heteroatoms. The van der Waals surface area contributed by atoms with Gasteiger partial charge >= 0.3 is 12.1 Å². The van der Waals surface area contributed by atoms with Gasteiger partial charge in [-0.25, -0.2) is 0 Å². The van der Waals surface area contributed by atoms with Gasteiger partial charge in [-0.1, -0.05) is 0 Å². The predicted octanol–water partition coefficient (Wildman–Crippen LogP) is 0.230. The molecule has 0 aromatic heterocycles. The Morgan fingerprint density at radius 1 is 1.45 bits per heavy atom. The van der Waals surface area contributed by atoms with E-state index in [1.54, 1.807) is 5.32 Å².